The molecule has 1 heterocycles. The number of imide groups is 1. The van der Waals surface area contributed by atoms with E-state index < -0.39 is 34.9 Å². The second kappa shape index (κ2) is 4.00. The van der Waals surface area contributed by atoms with E-state index in [2.05, 4.69) is 10.6 Å². The molecule has 1 aromatic carbocycles. The number of amides is 3. The van der Waals surface area contributed by atoms with Crippen molar-refractivity contribution in [2.45, 2.75) is 30.0 Å². The van der Waals surface area contributed by atoms with E-state index in [1.54, 1.807) is 6.07 Å². The van der Waals surface area contributed by atoms with Crippen LogP contribution in [0.25, 0.3) is 0 Å². The molecule has 1 saturated carbocycles. The maximum atomic E-state index is 13.4. The number of rotatable bonds is 2. The summed E-state index contributed by atoms with van der Waals surface area (Å²) >= 11 is 0. The Kier molecular flexibility index (Phi) is 2.60. The molecule has 0 bridgehead atoms. The second-order valence-electron chi connectivity index (χ2n) is 5.46. The highest BCUT2D eigenvalue weighted by Crippen LogP contribution is 2.52. The van der Waals surface area contributed by atoms with E-state index in [0.717, 1.165) is 0 Å². The van der Waals surface area contributed by atoms with Gasteiger partial charge in [0.15, 0.2) is 0 Å². The Balaban J connectivity index is 1.95. The van der Waals surface area contributed by atoms with E-state index in [9.17, 15) is 19.1 Å². The van der Waals surface area contributed by atoms with E-state index >= 15 is 0 Å². The van der Waals surface area contributed by atoms with Gasteiger partial charge in [0, 0.05) is 5.41 Å². The molecule has 106 valence electrons. The average molecular weight is 279 g/mol. The fourth-order valence-electron chi connectivity index (χ4n) is 3.18. The Bertz CT molecular complexity index is 596. The standard InChI is InChI=1S/C13H14FN3O3/c14-8-3-1-2-7(4-8)12(9(15)18)5-13(6-12)10(19)16-11(20)17-13/h1-4,9,18H,5-6,15H2,(H2,16,17,19,20). The van der Waals surface area contributed by atoms with Gasteiger partial charge in [-0.1, -0.05) is 12.1 Å². The molecule has 0 radical (unpaired) electrons. The molecule has 1 aliphatic heterocycles. The Morgan fingerprint density at radius 3 is 2.55 bits per heavy atom. The highest BCUT2D eigenvalue weighted by Gasteiger charge is 2.65. The Labute approximate surface area is 114 Å². The summed E-state index contributed by atoms with van der Waals surface area (Å²) in [6.07, 6.45) is -0.975. The Morgan fingerprint density at radius 2 is 2.05 bits per heavy atom. The minimum atomic E-state index is -1.25. The number of halogens is 1. The van der Waals surface area contributed by atoms with Crippen molar-refractivity contribution >= 4 is 11.9 Å². The summed E-state index contributed by atoms with van der Waals surface area (Å²) in [5, 5.41) is 14.6. The van der Waals surface area contributed by atoms with Crippen LogP contribution < -0.4 is 16.4 Å². The van der Waals surface area contributed by atoms with Gasteiger partial charge >= 0.3 is 6.03 Å². The van der Waals surface area contributed by atoms with E-state index in [1.807, 2.05) is 0 Å². The minimum Gasteiger partial charge on any atom is -0.378 e. The number of nitrogens with one attached hydrogen (secondary N) is 2. The number of aliphatic hydroxyl groups is 1. The maximum Gasteiger partial charge on any atom is 0.322 e. The lowest BCUT2D eigenvalue weighted by Gasteiger charge is -2.54. The lowest BCUT2D eigenvalue weighted by atomic mass is 9.53. The summed E-state index contributed by atoms with van der Waals surface area (Å²) in [7, 11) is 0. The van der Waals surface area contributed by atoms with Gasteiger partial charge in [-0.2, -0.15) is 0 Å². The Morgan fingerprint density at radius 1 is 1.35 bits per heavy atom. The summed E-state index contributed by atoms with van der Waals surface area (Å²) in [6.45, 7) is 0. The van der Waals surface area contributed by atoms with Crippen LogP contribution in [-0.2, 0) is 10.2 Å². The van der Waals surface area contributed by atoms with Crippen LogP contribution in [0.4, 0.5) is 9.18 Å². The molecule has 1 unspecified atom stereocenters. The van der Waals surface area contributed by atoms with Gasteiger partial charge in [-0.05, 0) is 30.5 Å². The molecule has 3 rings (SSSR count). The number of urea groups is 1. The highest BCUT2D eigenvalue weighted by atomic mass is 19.1. The van der Waals surface area contributed by atoms with Crippen LogP contribution in [0, 0.1) is 5.82 Å². The van der Waals surface area contributed by atoms with Crippen LogP contribution in [0.15, 0.2) is 24.3 Å². The zero-order valence-electron chi connectivity index (χ0n) is 10.5. The summed E-state index contributed by atoms with van der Waals surface area (Å²) < 4.78 is 13.4. The molecular formula is C13H14FN3O3. The summed E-state index contributed by atoms with van der Waals surface area (Å²) in [5.74, 6) is -0.876. The fraction of sp³-hybridized carbons (Fsp3) is 0.385. The minimum absolute atomic E-state index is 0.138. The average Bonchev–Trinajstić information content (AvgIpc) is 2.61. The van der Waals surface area contributed by atoms with Crippen molar-refractivity contribution in [2.75, 3.05) is 0 Å². The van der Waals surface area contributed by atoms with Crippen molar-refractivity contribution in [3.63, 3.8) is 0 Å². The molecule has 2 aliphatic rings. The quantitative estimate of drug-likeness (QED) is 0.441. The first kappa shape index (κ1) is 13.0. The summed E-state index contributed by atoms with van der Waals surface area (Å²) in [6, 6.07) is 5.19. The van der Waals surface area contributed by atoms with Crippen molar-refractivity contribution in [3.05, 3.63) is 35.6 Å². The third kappa shape index (κ3) is 1.63. The third-order valence-corrected chi connectivity index (χ3v) is 4.21. The van der Waals surface area contributed by atoms with E-state index in [4.69, 9.17) is 5.73 Å². The molecule has 1 aromatic rings. The molecular weight excluding hydrogens is 265 g/mol. The number of carbonyl (C=O) groups is 2. The molecule has 1 aliphatic carbocycles. The largest absolute Gasteiger partial charge is 0.378 e. The first-order valence-electron chi connectivity index (χ1n) is 6.21. The SMILES string of the molecule is NC(O)C1(c2cccc(F)c2)CC2(C1)NC(=O)NC2=O. The van der Waals surface area contributed by atoms with Gasteiger partial charge in [0.05, 0.1) is 0 Å². The van der Waals surface area contributed by atoms with Gasteiger partial charge in [-0.25, -0.2) is 9.18 Å². The predicted octanol–water partition coefficient (Wildman–Crippen LogP) is -0.287. The molecule has 1 atom stereocenters. The van der Waals surface area contributed by atoms with Gasteiger partial charge in [-0.3, -0.25) is 10.1 Å². The number of benzene rings is 1. The number of hydrogen-bond donors (Lipinski definition) is 4. The normalized spacial score (nSPS) is 33.5. The molecule has 2 fully saturated rings. The molecule has 6 nitrogen and oxygen atoms in total. The van der Waals surface area contributed by atoms with Gasteiger partial charge < -0.3 is 16.2 Å². The number of carbonyl (C=O) groups excluding carboxylic acids is 2. The molecule has 0 aromatic heterocycles. The fourth-order valence-corrected chi connectivity index (χ4v) is 3.18. The van der Waals surface area contributed by atoms with Gasteiger partial charge in [0.1, 0.15) is 17.6 Å². The van der Waals surface area contributed by atoms with E-state index in [-0.39, 0.29) is 12.8 Å². The van der Waals surface area contributed by atoms with Crippen molar-refractivity contribution in [3.8, 4) is 0 Å². The van der Waals surface area contributed by atoms with Crippen LogP contribution in [0.5, 0.6) is 0 Å². The van der Waals surface area contributed by atoms with Crippen LogP contribution in [-0.4, -0.2) is 28.8 Å². The number of nitrogens with two attached hydrogens (primary N) is 1. The van der Waals surface area contributed by atoms with Crippen LogP contribution in [0.3, 0.4) is 0 Å². The van der Waals surface area contributed by atoms with E-state index in [1.165, 1.54) is 18.2 Å². The van der Waals surface area contributed by atoms with Crippen molar-refractivity contribution in [1.82, 2.24) is 10.6 Å². The van der Waals surface area contributed by atoms with Crippen LogP contribution in [0.2, 0.25) is 0 Å². The predicted molar refractivity (Wildman–Crippen MR) is 66.9 cm³/mol. The number of aliphatic hydroxyl groups excluding tert-OH is 1. The van der Waals surface area contributed by atoms with E-state index in [0.29, 0.717) is 5.56 Å². The van der Waals surface area contributed by atoms with Crippen molar-refractivity contribution in [2.24, 2.45) is 5.73 Å². The second-order valence-corrected chi connectivity index (χ2v) is 5.46. The topological polar surface area (TPSA) is 104 Å². The molecule has 20 heavy (non-hydrogen) atoms. The first-order chi connectivity index (χ1) is 9.38. The zero-order valence-corrected chi connectivity index (χ0v) is 10.5. The number of hydrogen-bond acceptors (Lipinski definition) is 4. The van der Waals surface area contributed by atoms with Crippen molar-refractivity contribution < 1.29 is 19.1 Å². The van der Waals surface area contributed by atoms with Crippen LogP contribution >= 0.6 is 0 Å². The molecule has 3 amide bonds. The maximum absolute atomic E-state index is 13.4. The van der Waals surface area contributed by atoms with Gasteiger partial charge in [0.25, 0.3) is 5.91 Å². The van der Waals surface area contributed by atoms with Crippen molar-refractivity contribution in [1.29, 1.82) is 0 Å². The molecule has 1 spiro atoms. The zero-order chi connectivity index (χ0) is 14.5. The van der Waals surface area contributed by atoms with Gasteiger partial charge in [0.2, 0.25) is 0 Å². The van der Waals surface area contributed by atoms with Gasteiger partial charge in [-0.15, -0.1) is 0 Å². The molecule has 7 heteroatoms. The molecule has 1 saturated heterocycles. The summed E-state index contributed by atoms with van der Waals surface area (Å²) in [4.78, 5) is 23.0. The molecule has 5 N–H and O–H groups in total. The highest BCUT2D eigenvalue weighted by molar-refractivity contribution is 6.08. The lowest BCUT2D eigenvalue weighted by molar-refractivity contribution is -0.133. The Hall–Kier alpha value is -1.99. The smallest absolute Gasteiger partial charge is 0.322 e. The lowest BCUT2D eigenvalue weighted by Crippen LogP contribution is -2.69. The monoisotopic (exact) mass is 279 g/mol. The van der Waals surface area contributed by atoms with Crippen LogP contribution in [0.1, 0.15) is 18.4 Å². The third-order valence-electron chi connectivity index (χ3n) is 4.21. The first-order valence-corrected chi connectivity index (χ1v) is 6.21. The summed E-state index contributed by atoms with van der Waals surface area (Å²) in [5.41, 5.74) is 4.17.